The Morgan fingerprint density at radius 2 is 1.89 bits per heavy atom. The highest BCUT2D eigenvalue weighted by Crippen LogP contribution is 2.43. The lowest BCUT2D eigenvalue weighted by atomic mass is 10.00. The van der Waals surface area contributed by atoms with E-state index in [9.17, 15) is 8.78 Å². The smallest absolute Gasteiger partial charge is 0.207 e. The van der Waals surface area contributed by atoms with Crippen LogP contribution < -0.4 is 0 Å². The van der Waals surface area contributed by atoms with Crippen molar-refractivity contribution in [3.05, 3.63) is 0 Å². The number of rotatable bonds is 2. The molecule has 1 saturated carbocycles. The number of hydrogen-bond donors (Lipinski definition) is 0. The molecule has 1 unspecified atom stereocenters. The van der Waals surface area contributed by atoms with Gasteiger partial charge in [0.1, 0.15) is 0 Å². The zero-order chi connectivity index (χ0) is 7.07. The second-order valence-corrected chi connectivity index (χ2v) is 3.08. The van der Waals surface area contributed by atoms with Crippen molar-refractivity contribution in [1.29, 1.82) is 0 Å². The molecule has 1 aliphatic carbocycles. The van der Waals surface area contributed by atoms with Crippen molar-refractivity contribution >= 4 is 0 Å². The summed E-state index contributed by atoms with van der Waals surface area (Å²) in [5.74, 6) is -2.55. The van der Waals surface area contributed by atoms with Gasteiger partial charge in [-0.2, -0.15) is 0 Å². The van der Waals surface area contributed by atoms with Gasteiger partial charge in [0, 0.05) is 5.92 Å². The average Bonchev–Trinajstić information content (AvgIpc) is 2.40. The van der Waals surface area contributed by atoms with Crippen LogP contribution in [0.25, 0.3) is 0 Å². The van der Waals surface area contributed by atoms with Crippen molar-refractivity contribution in [1.82, 2.24) is 0 Å². The molecule has 0 saturated heterocycles. The fraction of sp³-hybridized carbons (Fsp3) is 1.00. The highest BCUT2D eigenvalue weighted by atomic mass is 19.3. The molecule has 0 aromatic rings. The van der Waals surface area contributed by atoms with Crippen molar-refractivity contribution in [2.75, 3.05) is 0 Å². The first-order valence-corrected chi connectivity index (χ1v) is 3.39. The summed E-state index contributed by atoms with van der Waals surface area (Å²) < 4.78 is 24.8. The zero-order valence-corrected chi connectivity index (χ0v) is 5.82. The van der Waals surface area contributed by atoms with Crippen LogP contribution in [-0.2, 0) is 0 Å². The van der Waals surface area contributed by atoms with Gasteiger partial charge in [0.2, 0.25) is 5.92 Å². The third kappa shape index (κ3) is 1.63. The van der Waals surface area contributed by atoms with Crippen molar-refractivity contribution in [3.63, 3.8) is 0 Å². The summed E-state index contributed by atoms with van der Waals surface area (Å²) >= 11 is 0. The molecular formula is C7H12F2. The number of hydrogen-bond acceptors (Lipinski definition) is 0. The molecule has 0 N–H and O–H groups in total. The van der Waals surface area contributed by atoms with Crippen LogP contribution in [0.3, 0.4) is 0 Å². The minimum absolute atomic E-state index is 0.310. The van der Waals surface area contributed by atoms with Crippen LogP contribution in [0.1, 0.15) is 26.7 Å². The maximum Gasteiger partial charge on any atom is 0.248 e. The maximum absolute atomic E-state index is 12.4. The minimum Gasteiger partial charge on any atom is -0.207 e. The molecule has 54 valence electrons. The Hall–Kier alpha value is -0.140. The van der Waals surface area contributed by atoms with Crippen LogP contribution in [0.2, 0.25) is 0 Å². The Labute approximate surface area is 54.3 Å². The number of halogens is 2. The van der Waals surface area contributed by atoms with Gasteiger partial charge in [-0.25, -0.2) is 8.78 Å². The molecule has 0 bridgehead atoms. The van der Waals surface area contributed by atoms with Gasteiger partial charge in [0.25, 0.3) is 0 Å². The summed E-state index contributed by atoms with van der Waals surface area (Å²) in [4.78, 5) is 0. The second kappa shape index (κ2) is 1.93. The van der Waals surface area contributed by atoms with Gasteiger partial charge >= 0.3 is 0 Å². The van der Waals surface area contributed by atoms with Crippen molar-refractivity contribution in [2.45, 2.75) is 32.6 Å². The first kappa shape index (κ1) is 6.97. The van der Waals surface area contributed by atoms with Gasteiger partial charge in [-0.1, -0.05) is 6.92 Å². The summed E-state index contributed by atoms with van der Waals surface area (Å²) in [7, 11) is 0. The topological polar surface area (TPSA) is 0 Å². The van der Waals surface area contributed by atoms with Crippen LogP contribution in [0.15, 0.2) is 0 Å². The lowest BCUT2D eigenvalue weighted by Crippen LogP contribution is -2.22. The highest BCUT2D eigenvalue weighted by molar-refractivity contribution is 4.84. The van der Waals surface area contributed by atoms with Crippen molar-refractivity contribution < 1.29 is 8.78 Å². The summed E-state index contributed by atoms with van der Waals surface area (Å²) in [5, 5.41) is 0. The Morgan fingerprint density at radius 1 is 1.44 bits per heavy atom. The molecule has 0 aromatic heterocycles. The molecule has 2 heteroatoms. The van der Waals surface area contributed by atoms with Crippen LogP contribution in [0, 0.1) is 11.8 Å². The maximum atomic E-state index is 12.4. The van der Waals surface area contributed by atoms with E-state index < -0.39 is 11.8 Å². The fourth-order valence-electron chi connectivity index (χ4n) is 1.01. The van der Waals surface area contributed by atoms with Crippen LogP contribution in [-0.4, -0.2) is 5.92 Å². The van der Waals surface area contributed by atoms with E-state index in [1.165, 1.54) is 0 Å². The molecule has 9 heavy (non-hydrogen) atoms. The monoisotopic (exact) mass is 134 g/mol. The molecule has 1 atom stereocenters. The Balaban J connectivity index is 2.40. The predicted octanol–water partition coefficient (Wildman–Crippen LogP) is 2.69. The summed E-state index contributed by atoms with van der Waals surface area (Å²) in [6, 6.07) is 0. The molecule has 1 fully saturated rings. The predicted molar refractivity (Wildman–Crippen MR) is 32.5 cm³/mol. The first-order valence-electron chi connectivity index (χ1n) is 3.39. The SMILES string of the molecule is CC(C1CC1)C(C)(F)F. The molecule has 1 rings (SSSR count). The van der Waals surface area contributed by atoms with E-state index in [0.29, 0.717) is 5.92 Å². The Kier molecular flexibility index (Phi) is 1.49. The Morgan fingerprint density at radius 3 is 2.00 bits per heavy atom. The standard InChI is InChI=1S/C7H12F2/c1-5(6-3-4-6)7(2,8)9/h5-6H,3-4H2,1-2H3. The van der Waals surface area contributed by atoms with E-state index in [4.69, 9.17) is 0 Å². The van der Waals surface area contributed by atoms with Gasteiger partial charge in [-0.15, -0.1) is 0 Å². The lowest BCUT2D eigenvalue weighted by molar-refractivity contribution is -0.0406. The van der Waals surface area contributed by atoms with E-state index in [1.54, 1.807) is 6.92 Å². The van der Waals surface area contributed by atoms with E-state index in [2.05, 4.69) is 0 Å². The molecule has 0 radical (unpaired) electrons. The normalized spacial score (nSPS) is 24.0. The van der Waals surface area contributed by atoms with Crippen LogP contribution in [0.4, 0.5) is 8.78 Å². The largest absolute Gasteiger partial charge is 0.248 e. The van der Waals surface area contributed by atoms with E-state index in [1.807, 2.05) is 0 Å². The van der Waals surface area contributed by atoms with Crippen molar-refractivity contribution in [3.8, 4) is 0 Å². The van der Waals surface area contributed by atoms with Gasteiger partial charge in [-0.05, 0) is 25.7 Å². The van der Waals surface area contributed by atoms with Gasteiger partial charge in [-0.3, -0.25) is 0 Å². The number of alkyl halides is 2. The molecule has 0 nitrogen and oxygen atoms in total. The molecule has 0 spiro atoms. The molecule has 0 aromatic carbocycles. The molecule has 1 aliphatic rings. The Bertz CT molecular complexity index is 100.0. The first-order chi connectivity index (χ1) is 4.02. The molecule has 0 amide bonds. The third-order valence-electron chi connectivity index (χ3n) is 2.13. The van der Waals surface area contributed by atoms with Crippen molar-refractivity contribution in [2.24, 2.45) is 11.8 Å². The quantitative estimate of drug-likeness (QED) is 0.544. The average molecular weight is 134 g/mol. The van der Waals surface area contributed by atoms with Gasteiger partial charge in [0.05, 0.1) is 0 Å². The zero-order valence-electron chi connectivity index (χ0n) is 5.82. The van der Waals surface area contributed by atoms with E-state index >= 15 is 0 Å². The summed E-state index contributed by atoms with van der Waals surface area (Å²) in [6.45, 7) is 2.65. The third-order valence-corrected chi connectivity index (χ3v) is 2.13. The second-order valence-electron chi connectivity index (χ2n) is 3.08. The highest BCUT2D eigenvalue weighted by Gasteiger charge is 2.41. The van der Waals surface area contributed by atoms with Gasteiger partial charge in [0.15, 0.2) is 0 Å². The lowest BCUT2D eigenvalue weighted by Gasteiger charge is -2.17. The van der Waals surface area contributed by atoms with Gasteiger partial charge < -0.3 is 0 Å². The summed E-state index contributed by atoms with van der Waals surface area (Å²) in [5.41, 5.74) is 0. The molecular weight excluding hydrogens is 122 g/mol. The molecule has 0 aliphatic heterocycles. The fourth-order valence-corrected chi connectivity index (χ4v) is 1.01. The van der Waals surface area contributed by atoms with Crippen LogP contribution in [0.5, 0.6) is 0 Å². The van der Waals surface area contributed by atoms with E-state index in [0.717, 1.165) is 19.8 Å². The van der Waals surface area contributed by atoms with E-state index in [-0.39, 0.29) is 0 Å². The van der Waals surface area contributed by atoms with Crippen LogP contribution >= 0.6 is 0 Å². The molecule has 0 heterocycles. The summed E-state index contributed by atoms with van der Waals surface area (Å²) in [6.07, 6.45) is 2.01. The minimum atomic E-state index is -2.46.